The van der Waals surface area contributed by atoms with Crippen LogP contribution in [0.4, 0.5) is 9.93 Å². The average molecular weight is 446 g/mol. The molecule has 2 N–H and O–H groups in total. The molecule has 0 aliphatic heterocycles. The molecule has 0 radical (unpaired) electrons. The number of sulfonamides is 1. The van der Waals surface area contributed by atoms with Crippen molar-refractivity contribution in [3.05, 3.63) is 39.1 Å². The fraction of sp³-hybridized carbons (Fsp3) is 0.143. The number of thiazole rings is 1. The molecule has 0 aliphatic carbocycles. The third-order valence-corrected chi connectivity index (χ3v) is 7.10. The second-order valence-corrected chi connectivity index (χ2v) is 9.79. The topological polar surface area (TPSA) is 88.2 Å². The molecule has 3 aromatic rings. The molecule has 2 heterocycles. The van der Waals surface area contributed by atoms with Gasteiger partial charge < -0.3 is 0 Å². The van der Waals surface area contributed by atoms with E-state index in [1.54, 1.807) is 5.38 Å². The van der Waals surface area contributed by atoms with Crippen molar-refractivity contribution in [1.82, 2.24) is 9.71 Å². The fourth-order valence-corrected chi connectivity index (χ4v) is 5.58. The van der Waals surface area contributed by atoms with Gasteiger partial charge in [0.05, 0.1) is 9.98 Å². The van der Waals surface area contributed by atoms with Gasteiger partial charge in [-0.1, -0.05) is 24.3 Å². The monoisotopic (exact) mass is 445 g/mol. The summed E-state index contributed by atoms with van der Waals surface area (Å²) in [5, 5.41) is 4.87. The molecule has 126 valence electrons. The van der Waals surface area contributed by atoms with E-state index in [4.69, 9.17) is 0 Å². The predicted molar refractivity (Wildman–Crippen MR) is 100 cm³/mol. The van der Waals surface area contributed by atoms with Gasteiger partial charge >= 0.3 is 6.03 Å². The number of thiophene rings is 1. The van der Waals surface area contributed by atoms with Crippen LogP contribution in [0, 0.1) is 0 Å². The van der Waals surface area contributed by atoms with Gasteiger partial charge in [-0.05, 0) is 40.0 Å². The van der Waals surface area contributed by atoms with Gasteiger partial charge in [-0.15, -0.1) is 11.3 Å². The summed E-state index contributed by atoms with van der Waals surface area (Å²) in [6.45, 7) is 2.00. The Hall–Kier alpha value is -1.49. The van der Waals surface area contributed by atoms with E-state index < -0.39 is 16.1 Å². The number of fused-ring (bicyclic) bond motifs is 1. The molecule has 3 rings (SSSR count). The Morgan fingerprint density at radius 3 is 2.83 bits per heavy atom. The van der Waals surface area contributed by atoms with Crippen molar-refractivity contribution in [1.29, 1.82) is 0 Å². The van der Waals surface area contributed by atoms with E-state index in [-0.39, 0.29) is 4.90 Å². The summed E-state index contributed by atoms with van der Waals surface area (Å²) in [5.41, 5.74) is 1.04. The highest BCUT2D eigenvalue weighted by Gasteiger charge is 2.22. The molecule has 6 nitrogen and oxygen atoms in total. The van der Waals surface area contributed by atoms with Crippen LogP contribution >= 0.6 is 38.6 Å². The number of aromatic nitrogens is 1. The van der Waals surface area contributed by atoms with E-state index >= 15 is 0 Å². The molecular formula is C14H12BrN3O3S3. The third kappa shape index (κ3) is 3.61. The molecule has 0 aliphatic rings. The van der Waals surface area contributed by atoms with Crippen LogP contribution in [-0.4, -0.2) is 19.4 Å². The summed E-state index contributed by atoms with van der Waals surface area (Å²) >= 11 is 5.74. The smallest absolute Gasteiger partial charge is 0.283 e. The fourth-order valence-electron chi connectivity index (χ4n) is 2.09. The van der Waals surface area contributed by atoms with Gasteiger partial charge in [0.2, 0.25) is 0 Å². The second kappa shape index (κ2) is 6.79. The number of halogens is 1. The standard InChI is InChI=1S/C14H12BrN3O3S3/c1-2-8-3-4-10-9(5-8)11(7-22-10)24(20,21)18-13(19)17-14-16-6-12(15)23-14/h3-7H,2H2,1H3,(H2,16,17,18,19). The van der Waals surface area contributed by atoms with Crippen LogP contribution < -0.4 is 10.0 Å². The first-order valence-electron chi connectivity index (χ1n) is 6.84. The summed E-state index contributed by atoms with van der Waals surface area (Å²) in [5.74, 6) is 0. The average Bonchev–Trinajstić information content (AvgIpc) is 3.12. The molecule has 0 saturated heterocycles. The molecule has 0 atom stereocenters. The first-order chi connectivity index (χ1) is 11.4. The van der Waals surface area contributed by atoms with Gasteiger partial charge in [0.25, 0.3) is 10.0 Å². The van der Waals surface area contributed by atoms with Crippen molar-refractivity contribution in [2.45, 2.75) is 18.2 Å². The molecule has 1 aromatic carbocycles. The number of aryl methyl sites for hydroxylation is 1. The maximum atomic E-state index is 12.5. The number of urea groups is 1. The molecule has 0 saturated carbocycles. The van der Waals surface area contributed by atoms with E-state index in [2.05, 4.69) is 26.2 Å². The molecule has 0 unspecified atom stereocenters. The van der Waals surface area contributed by atoms with Gasteiger partial charge in [0.15, 0.2) is 5.13 Å². The first kappa shape index (κ1) is 17.3. The van der Waals surface area contributed by atoms with Crippen molar-refractivity contribution in [2.24, 2.45) is 0 Å². The number of hydrogen-bond donors (Lipinski definition) is 2. The van der Waals surface area contributed by atoms with E-state index in [9.17, 15) is 13.2 Å². The molecule has 0 fully saturated rings. The lowest BCUT2D eigenvalue weighted by atomic mass is 10.1. The minimum atomic E-state index is -3.97. The normalized spacial score (nSPS) is 11.6. The molecular weight excluding hydrogens is 434 g/mol. The highest BCUT2D eigenvalue weighted by atomic mass is 79.9. The van der Waals surface area contributed by atoms with Gasteiger partial charge in [-0.25, -0.2) is 22.9 Å². The van der Waals surface area contributed by atoms with Gasteiger partial charge in [0, 0.05) is 15.5 Å². The zero-order valence-corrected chi connectivity index (χ0v) is 16.4. The minimum absolute atomic E-state index is 0.105. The van der Waals surface area contributed by atoms with Gasteiger partial charge in [-0.3, -0.25) is 5.32 Å². The zero-order valence-electron chi connectivity index (χ0n) is 12.4. The van der Waals surface area contributed by atoms with E-state index in [0.29, 0.717) is 10.5 Å². The van der Waals surface area contributed by atoms with Crippen molar-refractivity contribution < 1.29 is 13.2 Å². The number of rotatable bonds is 4. The molecule has 2 amide bonds. The Bertz CT molecular complexity index is 1010. The highest BCUT2D eigenvalue weighted by Crippen LogP contribution is 2.30. The van der Waals surface area contributed by atoms with Crippen LogP contribution in [0.3, 0.4) is 0 Å². The third-order valence-electron chi connectivity index (χ3n) is 3.23. The van der Waals surface area contributed by atoms with Crippen LogP contribution in [0.5, 0.6) is 0 Å². The number of carbonyl (C=O) groups is 1. The number of nitrogens with zero attached hydrogens (tertiary/aromatic N) is 1. The lowest BCUT2D eigenvalue weighted by Gasteiger charge is -2.06. The first-order valence-corrected chi connectivity index (χ1v) is 10.8. The second-order valence-electron chi connectivity index (χ2n) is 4.81. The van der Waals surface area contributed by atoms with Crippen molar-refractivity contribution in [3.8, 4) is 0 Å². The number of anilines is 1. The van der Waals surface area contributed by atoms with Crippen LogP contribution in [0.1, 0.15) is 12.5 Å². The van der Waals surface area contributed by atoms with Crippen LogP contribution in [-0.2, 0) is 16.4 Å². The van der Waals surface area contributed by atoms with E-state index in [1.807, 2.05) is 29.8 Å². The Morgan fingerprint density at radius 2 is 2.17 bits per heavy atom. The number of nitrogens with one attached hydrogen (secondary N) is 2. The van der Waals surface area contributed by atoms with Gasteiger partial charge in [-0.2, -0.15) is 0 Å². The highest BCUT2D eigenvalue weighted by molar-refractivity contribution is 9.11. The summed E-state index contributed by atoms with van der Waals surface area (Å²) in [4.78, 5) is 16.0. The SMILES string of the molecule is CCc1ccc2scc(S(=O)(=O)NC(=O)Nc3ncc(Br)s3)c2c1. The Balaban J connectivity index is 1.86. The van der Waals surface area contributed by atoms with Gasteiger partial charge in [0.1, 0.15) is 4.90 Å². The summed E-state index contributed by atoms with van der Waals surface area (Å²) in [7, 11) is -3.97. The lowest BCUT2D eigenvalue weighted by Crippen LogP contribution is -2.34. The largest absolute Gasteiger partial charge is 0.334 e. The maximum Gasteiger partial charge on any atom is 0.334 e. The number of carbonyl (C=O) groups excluding carboxylic acids is 1. The van der Waals surface area contributed by atoms with Crippen molar-refractivity contribution in [3.63, 3.8) is 0 Å². The summed E-state index contributed by atoms with van der Waals surface area (Å²) in [6, 6.07) is 4.86. The molecule has 0 bridgehead atoms. The Labute approximate surface area is 155 Å². The summed E-state index contributed by atoms with van der Waals surface area (Å²) in [6.07, 6.45) is 2.32. The van der Waals surface area contributed by atoms with E-state index in [1.165, 1.54) is 28.9 Å². The Morgan fingerprint density at radius 1 is 1.38 bits per heavy atom. The van der Waals surface area contributed by atoms with Crippen LogP contribution in [0.15, 0.2) is 38.5 Å². The number of amides is 2. The maximum absolute atomic E-state index is 12.5. The number of benzene rings is 1. The van der Waals surface area contributed by atoms with Crippen molar-refractivity contribution in [2.75, 3.05) is 5.32 Å². The molecule has 0 spiro atoms. The molecule has 2 aromatic heterocycles. The van der Waals surface area contributed by atoms with E-state index in [0.717, 1.165) is 20.5 Å². The Kier molecular flexibility index (Phi) is 4.90. The molecule has 24 heavy (non-hydrogen) atoms. The predicted octanol–water partition coefficient (Wildman–Crippen LogP) is 4.19. The minimum Gasteiger partial charge on any atom is -0.283 e. The number of hydrogen-bond acceptors (Lipinski definition) is 6. The molecule has 10 heteroatoms. The zero-order chi connectivity index (χ0) is 17.3. The van der Waals surface area contributed by atoms with Crippen LogP contribution in [0.2, 0.25) is 0 Å². The van der Waals surface area contributed by atoms with Crippen molar-refractivity contribution >= 4 is 69.9 Å². The quantitative estimate of drug-likeness (QED) is 0.629. The van der Waals surface area contributed by atoms with Crippen LogP contribution in [0.25, 0.3) is 10.1 Å². The summed E-state index contributed by atoms with van der Waals surface area (Å²) < 4.78 is 28.7. The lowest BCUT2D eigenvalue weighted by molar-refractivity contribution is 0.256.